The molecule has 0 radical (unpaired) electrons. The van der Waals surface area contributed by atoms with Crippen LogP contribution in [0.4, 0.5) is 5.69 Å². The lowest BCUT2D eigenvalue weighted by atomic mass is 9.69. The van der Waals surface area contributed by atoms with E-state index in [4.69, 9.17) is 34.8 Å². The zero-order valence-corrected chi connectivity index (χ0v) is 25.8. The van der Waals surface area contributed by atoms with Gasteiger partial charge in [0.15, 0.2) is 11.3 Å². The molecular formula is C35H29Cl3N2O3. The zero-order valence-electron chi connectivity index (χ0n) is 23.6. The maximum Gasteiger partial charge on any atom is 0.255 e. The Morgan fingerprint density at radius 3 is 2.19 bits per heavy atom. The number of nitrogens with zero attached hydrogens (tertiary/aromatic N) is 1. The molecule has 218 valence electrons. The van der Waals surface area contributed by atoms with E-state index in [-0.39, 0.29) is 22.3 Å². The van der Waals surface area contributed by atoms with Crippen LogP contribution in [0.2, 0.25) is 15.1 Å². The number of carbonyl (C=O) groups excluding carboxylic acids is 3. The Bertz CT molecular complexity index is 1720. The Kier molecular flexibility index (Phi) is 7.84. The molecule has 8 heteroatoms. The van der Waals surface area contributed by atoms with E-state index >= 15 is 0 Å². The molecule has 1 N–H and O–H groups in total. The first-order valence-electron chi connectivity index (χ1n) is 14.2. The molecule has 0 aliphatic carbocycles. The largest absolute Gasteiger partial charge is 0.323 e. The van der Waals surface area contributed by atoms with E-state index in [1.54, 1.807) is 59.5 Å². The fourth-order valence-corrected chi connectivity index (χ4v) is 7.34. The standard InChI is InChI=1S/C35H29Cl3N2O3/c1-20(2)18-29-30(21-12-15-24(36)16-13-21)31(32(41)22-8-4-3-5-9-22)35(25-10-6-7-11-28(25)39-34(35)43)40(29)33(42)23-14-17-26(37)27(38)19-23/h3-17,19-20,29-31H,18H2,1-2H3,(H,39,43). The lowest BCUT2D eigenvalue weighted by Crippen LogP contribution is -2.56. The zero-order chi connectivity index (χ0) is 30.5. The average molecular weight is 632 g/mol. The monoisotopic (exact) mass is 630 g/mol. The summed E-state index contributed by atoms with van der Waals surface area (Å²) in [5, 5.41) is 4.12. The van der Waals surface area contributed by atoms with Gasteiger partial charge in [-0.15, -0.1) is 0 Å². The van der Waals surface area contributed by atoms with Crippen LogP contribution in [-0.2, 0) is 10.3 Å². The van der Waals surface area contributed by atoms with Crippen molar-refractivity contribution in [3.05, 3.63) is 134 Å². The summed E-state index contributed by atoms with van der Waals surface area (Å²) in [6.07, 6.45) is 0.538. The predicted octanol–water partition coefficient (Wildman–Crippen LogP) is 8.65. The molecule has 5 nitrogen and oxygen atoms in total. The van der Waals surface area contributed by atoms with Crippen LogP contribution in [0, 0.1) is 11.8 Å². The number of ketones is 1. The third-order valence-electron chi connectivity index (χ3n) is 8.56. The minimum Gasteiger partial charge on any atom is -0.323 e. The lowest BCUT2D eigenvalue weighted by Gasteiger charge is -2.39. The van der Waals surface area contributed by atoms with Crippen molar-refractivity contribution in [1.29, 1.82) is 0 Å². The molecule has 4 aromatic rings. The summed E-state index contributed by atoms with van der Waals surface area (Å²) in [7, 11) is 0. The SMILES string of the molecule is CC(C)CC1C(c2ccc(Cl)cc2)C(C(=O)c2ccccc2)C2(C(=O)Nc3ccccc32)N1C(=O)c1ccc(Cl)c(Cl)c1. The summed E-state index contributed by atoms with van der Waals surface area (Å²) < 4.78 is 0. The molecule has 4 atom stereocenters. The number of hydrogen-bond donors (Lipinski definition) is 1. The second kappa shape index (κ2) is 11.5. The molecule has 1 spiro atoms. The minimum absolute atomic E-state index is 0.131. The number of likely N-dealkylation sites (tertiary alicyclic amines) is 1. The highest BCUT2D eigenvalue weighted by Gasteiger charge is 2.70. The van der Waals surface area contributed by atoms with Gasteiger partial charge in [0, 0.05) is 39.4 Å². The van der Waals surface area contributed by atoms with Gasteiger partial charge >= 0.3 is 0 Å². The van der Waals surface area contributed by atoms with Gasteiger partial charge in [0.1, 0.15) is 0 Å². The summed E-state index contributed by atoms with van der Waals surface area (Å²) >= 11 is 18.9. The molecule has 2 amide bonds. The maximum absolute atomic E-state index is 14.9. The molecule has 2 heterocycles. The highest BCUT2D eigenvalue weighted by atomic mass is 35.5. The highest BCUT2D eigenvalue weighted by Crippen LogP contribution is 2.60. The molecular weight excluding hydrogens is 603 g/mol. The summed E-state index contributed by atoms with van der Waals surface area (Å²) in [4.78, 5) is 46.0. The maximum atomic E-state index is 14.9. The molecule has 6 rings (SSSR count). The third-order valence-corrected chi connectivity index (χ3v) is 9.55. The highest BCUT2D eigenvalue weighted by molar-refractivity contribution is 6.42. The van der Waals surface area contributed by atoms with E-state index in [1.807, 2.05) is 36.4 Å². The van der Waals surface area contributed by atoms with Crippen molar-refractivity contribution in [2.45, 2.75) is 37.8 Å². The van der Waals surface area contributed by atoms with E-state index < -0.39 is 35.2 Å². The van der Waals surface area contributed by atoms with Crippen LogP contribution in [0.3, 0.4) is 0 Å². The fraction of sp³-hybridized carbons (Fsp3) is 0.229. The normalized spacial score (nSPS) is 22.6. The summed E-state index contributed by atoms with van der Waals surface area (Å²) in [6.45, 7) is 4.14. The number of hydrogen-bond acceptors (Lipinski definition) is 3. The molecule has 0 saturated carbocycles. The fourth-order valence-electron chi connectivity index (χ4n) is 6.91. The van der Waals surface area contributed by atoms with Crippen LogP contribution in [-0.4, -0.2) is 28.5 Å². The molecule has 2 aliphatic heterocycles. The molecule has 0 bridgehead atoms. The van der Waals surface area contributed by atoms with Crippen molar-refractivity contribution >= 4 is 58.1 Å². The van der Waals surface area contributed by atoms with Gasteiger partial charge in [-0.2, -0.15) is 0 Å². The molecule has 1 fully saturated rings. The minimum atomic E-state index is -1.64. The molecule has 0 aromatic heterocycles. The van der Waals surface area contributed by atoms with E-state index in [2.05, 4.69) is 19.2 Å². The van der Waals surface area contributed by atoms with Crippen molar-refractivity contribution in [3.63, 3.8) is 0 Å². The quantitative estimate of drug-likeness (QED) is 0.217. The lowest BCUT2D eigenvalue weighted by molar-refractivity contribution is -0.127. The number of benzene rings is 4. The number of nitrogens with one attached hydrogen (secondary N) is 1. The molecule has 43 heavy (non-hydrogen) atoms. The van der Waals surface area contributed by atoms with Gasteiger partial charge in [-0.25, -0.2) is 0 Å². The Morgan fingerprint density at radius 1 is 0.837 bits per heavy atom. The number of fused-ring (bicyclic) bond motifs is 2. The van der Waals surface area contributed by atoms with Crippen molar-refractivity contribution in [2.75, 3.05) is 5.32 Å². The number of carbonyl (C=O) groups is 3. The second-order valence-corrected chi connectivity index (χ2v) is 12.8. The van der Waals surface area contributed by atoms with Crippen molar-refractivity contribution in [3.8, 4) is 0 Å². The van der Waals surface area contributed by atoms with Gasteiger partial charge < -0.3 is 10.2 Å². The summed E-state index contributed by atoms with van der Waals surface area (Å²) in [5.74, 6) is -2.39. The number of para-hydroxylation sites is 1. The van der Waals surface area contributed by atoms with E-state index in [0.29, 0.717) is 33.3 Å². The number of anilines is 1. The van der Waals surface area contributed by atoms with Gasteiger partial charge in [0.2, 0.25) is 0 Å². The number of amides is 2. The Morgan fingerprint density at radius 2 is 1.51 bits per heavy atom. The first-order chi connectivity index (χ1) is 20.6. The predicted molar refractivity (Wildman–Crippen MR) is 171 cm³/mol. The Labute approximate surface area is 265 Å². The van der Waals surface area contributed by atoms with E-state index in [1.165, 1.54) is 6.07 Å². The van der Waals surface area contributed by atoms with Crippen molar-refractivity contribution in [1.82, 2.24) is 4.90 Å². The van der Waals surface area contributed by atoms with Gasteiger partial charge in [-0.1, -0.05) is 109 Å². The van der Waals surface area contributed by atoms with Gasteiger partial charge in [0.25, 0.3) is 11.8 Å². The molecule has 1 saturated heterocycles. The number of halogens is 3. The van der Waals surface area contributed by atoms with E-state index in [9.17, 15) is 14.4 Å². The van der Waals surface area contributed by atoms with Crippen LogP contribution < -0.4 is 5.32 Å². The molecule has 4 unspecified atom stereocenters. The average Bonchev–Trinajstić information content (AvgIpc) is 3.45. The number of Topliss-reactive ketones (excluding diaryl/α,β-unsaturated/α-hetero) is 1. The third kappa shape index (κ3) is 4.84. The van der Waals surface area contributed by atoms with Crippen LogP contribution >= 0.6 is 34.8 Å². The Hall–Kier alpha value is -3.64. The Balaban J connectivity index is 1.69. The smallest absolute Gasteiger partial charge is 0.255 e. The number of rotatable bonds is 6. The van der Waals surface area contributed by atoms with Gasteiger partial charge in [0.05, 0.1) is 16.0 Å². The van der Waals surface area contributed by atoms with Gasteiger partial charge in [-0.05, 0) is 54.3 Å². The van der Waals surface area contributed by atoms with Crippen LogP contribution in [0.15, 0.2) is 97.1 Å². The topological polar surface area (TPSA) is 66.5 Å². The second-order valence-electron chi connectivity index (χ2n) is 11.6. The van der Waals surface area contributed by atoms with Crippen LogP contribution in [0.1, 0.15) is 58.0 Å². The first-order valence-corrected chi connectivity index (χ1v) is 15.3. The summed E-state index contributed by atoms with van der Waals surface area (Å²) in [5.41, 5.74) is 1.09. The van der Waals surface area contributed by atoms with Crippen LogP contribution in [0.25, 0.3) is 0 Å². The first kappa shape index (κ1) is 29.4. The van der Waals surface area contributed by atoms with Crippen molar-refractivity contribution in [2.24, 2.45) is 11.8 Å². The van der Waals surface area contributed by atoms with E-state index in [0.717, 1.165) is 5.56 Å². The summed E-state index contributed by atoms with van der Waals surface area (Å²) in [6, 6.07) is 27.8. The molecule has 2 aliphatic rings. The van der Waals surface area contributed by atoms with Crippen LogP contribution in [0.5, 0.6) is 0 Å². The van der Waals surface area contributed by atoms with Crippen molar-refractivity contribution < 1.29 is 14.4 Å². The van der Waals surface area contributed by atoms with Gasteiger partial charge in [-0.3, -0.25) is 14.4 Å². The molecule has 4 aromatic carbocycles.